The van der Waals surface area contributed by atoms with Crippen molar-refractivity contribution in [1.29, 1.82) is 0 Å². The van der Waals surface area contributed by atoms with Crippen molar-refractivity contribution >= 4 is 35.0 Å². The Labute approximate surface area is 167 Å². The van der Waals surface area contributed by atoms with Crippen LogP contribution in [0.15, 0.2) is 59.3 Å². The summed E-state index contributed by atoms with van der Waals surface area (Å²) < 4.78 is 10.4. The highest BCUT2D eigenvalue weighted by atomic mass is 35.5. The van der Waals surface area contributed by atoms with E-state index in [0.717, 1.165) is 23.1 Å². The van der Waals surface area contributed by atoms with E-state index in [2.05, 4.69) is 10.5 Å². The second kappa shape index (κ2) is 8.93. The van der Waals surface area contributed by atoms with Crippen LogP contribution < -0.4 is 5.32 Å². The van der Waals surface area contributed by atoms with Crippen LogP contribution in [-0.4, -0.2) is 17.1 Å². The predicted octanol–water partition coefficient (Wildman–Crippen LogP) is 6.09. The number of amides is 1. The molecule has 1 atom stereocenters. The van der Waals surface area contributed by atoms with Gasteiger partial charge in [-0.2, -0.15) is 0 Å². The summed E-state index contributed by atoms with van der Waals surface area (Å²) in [5.74, 6) is 0.561. The van der Waals surface area contributed by atoms with Crippen LogP contribution in [-0.2, 0) is 11.2 Å². The maximum atomic E-state index is 12.3. The maximum absolute atomic E-state index is 12.3. The molecule has 3 rings (SSSR count). The van der Waals surface area contributed by atoms with Gasteiger partial charge in [0.25, 0.3) is 0 Å². The highest BCUT2D eigenvalue weighted by molar-refractivity contribution is 6.31. The van der Waals surface area contributed by atoms with Gasteiger partial charge in [-0.25, -0.2) is 4.79 Å². The predicted molar refractivity (Wildman–Crippen MR) is 106 cm³/mol. The van der Waals surface area contributed by atoms with Gasteiger partial charge in [0.1, 0.15) is 23.7 Å². The summed E-state index contributed by atoms with van der Waals surface area (Å²) >= 11 is 11.9. The number of nitrogens with one attached hydrogen (secondary N) is 1. The number of aryl methyl sites for hydroxylation is 1. The minimum Gasteiger partial charge on any atom is -0.441 e. The molecule has 1 heterocycles. The molecule has 0 radical (unpaired) electrons. The molecule has 0 bridgehead atoms. The Morgan fingerprint density at radius 1 is 1.22 bits per heavy atom. The zero-order valence-corrected chi connectivity index (χ0v) is 16.1. The number of carbonyl (C=O) groups excluding carboxylic acids is 1. The Balaban J connectivity index is 1.69. The fourth-order valence-electron chi connectivity index (χ4n) is 2.64. The number of ether oxygens (including phenoxy) is 1. The van der Waals surface area contributed by atoms with Gasteiger partial charge in [0, 0.05) is 22.0 Å². The number of nitrogens with zero attached hydrogens (tertiary/aromatic N) is 1. The number of hydrogen-bond donors (Lipinski definition) is 1. The van der Waals surface area contributed by atoms with Gasteiger partial charge in [-0.15, -0.1) is 11.6 Å². The van der Waals surface area contributed by atoms with E-state index in [0.29, 0.717) is 22.3 Å². The van der Waals surface area contributed by atoms with Crippen molar-refractivity contribution in [3.63, 3.8) is 0 Å². The van der Waals surface area contributed by atoms with Crippen molar-refractivity contribution < 1.29 is 14.1 Å². The number of halogens is 2. The molecule has 1 unspecified atom stereocenters. The first-order chi connectivity index (χ1) is 13.1. The Morgan fingerprint density at radius 2 is 1.96 bits per heavy atom. The van der Waals surface area contributed by atoms with E-state index in [1.54, 1.807) is 13.0 Å². The number of aromatic nitrogens is 1. The molecule has 0 aliphatic heterocycles. The van der Waals surface area contributed by atoms with Gasteiger partial charge < -0.3 is 9.26 Å². The first-order valence-electron chi connectivity index (χ1n) is 8.40. The average molecular weight is 405 g/mol. The molecule has 27 heavy (non-hydrogen) atoms. The van der Waals surface area contributed by atoms with Gasteiger partial charge in [-0.3, -0.25) is 5.32 Å². The molecule has 0 saturated heterocycles. The summed E-state index contributed by atoms with van der Waals surface area (Å²) in [5, 5.41) is 7.18. The normalized spacial score (nSPS) is 11.8. The zero-order chi connectivity index (χ0) is 19.2. The summed E-state index contributed by atoms with van der Waals surface area (Å²) in [6.07, 6.45) is 1.03. The molecule has 1 N–H and O–H groups in total. The van der Waals surface area contributed by atoms with Crippen LogP contribution >= 0.6 is 23.2 Å². The molecule has 3 aromatic rings. The molecule has 0 spiro atoms. The van der Waals surface area contributed by atoms with E-state index >= 15 is 0 Å². The molecular weight excluding hydrogens is 387 g/mol. The number of benzene rings is 2. The summed E-state index contributed by atoms with van der Waals surface area (Å²) in [7, 11) is 0. The number of rotatable bonds is 6. The molecule has 0 fully saturated rings. The van der Waals surface area contributed by atoms with E-state index in [-0.39, 0.29) is 0 Å². The topological polar surface area (TPSA) is 64.4 Å². The quantitative estimate of drug-likeness (QED) is 0.505. The number of anilines is 1. The van der Waals surface area contributed by atoms with E-state index in [1.807, 2.05) is 42.5 Å². The van der Waals surface area contributed by atoms with Crippen molar-refractivity contribution in [3.8, 4) is 11.3 Å². The van der Waals surface area contributed by atoms with Gasteiger partial charge in [0.05, 0.1) is 0 Å². The molecular formula is C20H18Cl2N2O3. The van der Waals surface area contributed by atoms with Crippen LogP contribution in [0, 0.1) is 0 Å². The smallest absolute Gasteiger partial charge is 0.412 e. The second-order valence-corrected chi connectivity index (χ2v) is 6.69. The summed E-state index contributed by atoms with van der Waals surface area (Å²) in [4.78, 5) is 12.3. The zero-order valence-electron chi connectivity index (χ0n) is 14.6. The van der Waals surface area contributed by atoms with Gasteiger partial charge >= 0.3 is 6.09 Å². The highest BCUT2D eigenvalue weighted by Gasteiger charge is 2.18. The molecule has 140 valence electrons. The molecule has 0 saturated carbocycles. The summed E-state index contributed by atoms with van der Waals surface area (Å²) in [6, 6.07) is 15.0. The lowest BCUT2D eigenvalue weighted by atomic mass is 10.1. The molecule has 1 amide bonds. The maximum Gasteiger partial charge on any atom is 0.412 e. The Hall–Kier alpha value is -2.50. The van der Waals surface area contributed by atoms with E-state index < -0.39 is 12.2 Å². The van der Waals surface area contributed by atoms with Crippen LogP contribution in [0.5, 0.6) is 0 Å². The lowest BCUT2D eigenvalue weighted by Crippen LogP contribution is -2.16. The van der Waals surface area contributed by atoms with Crippen LogP contribution in [0.25, 0.3) is 11.3 Å². The molecule has 1 aromatic heterocycles. The van der Waals surface area contributed by atoms with Crippen molar-refractivity contribution in [1.82, 2.24) is 5.16 Å². The van der Waals surface area contributed by atoms with Crippen LogP contribution in [0.1, 0.15) is 24.2 Å². The van der Waals surface area contributed by atoms with Crippen LogP contribution in [0.4, 0.5) is 10.5 Å². The van der Waals surface area contributed by atoms with Crippen molar-refractivity contribution in [2.75, 3.05) is 11.2 Å². The first kappa shape index (κ1) is 19.3. The minimum atomic E-state index is -0.620. The second-order valence-electron chi connectivity index (χ2n) is 5.91. The largest absolute Gasteiger partial charge is 0.441 e. The minimum absolute atomic E-state index is 0.427. The third-order valence-electron chi connectivity index (χ3n) is 4.04. The van der Waals surface area contributed by atoms with E-state index in [4.69, 9.17) is 32.5 Å². The molecule has 7 heteroatoms. The van der Waals surface area contributed by atoms with Crippen LogP contribution in [0.3, 0.4) is 0 Å². The van der Waals surface area contributed by atoms with E-state index in [9.17, 15) is 4.79 Å². The van der Waals surface area contributed by atoms with E-state index in [1.165, 1.54) is 6.26 Å². The standard InChI is InChI=1S/C20H18Cl2N2O3/c1-13(16-4-2-3-5-17(16)22)27-20(25)23-18-12-26-24-19(18)15-8-6-14(7-9-15)10-11-21/h2-9,12-13H,10-11H2,1H3,(H,23,25). The highest BCUT2D eigenvalue weighted by Crippen LogP contribution is 2.29. The third kappa shape index (κ3) is 4.81. The SMILES string of the molecule is CC(OC(=O)Nc1conc1-c1ccc(CCCl)cc1)c1ccccc1Cl. The van der Waals surface area contributed by atoms with Gasteiger partial charge in [-0.1, -0.05) is 59.2 Å². The van der Waals surface area contributed by atoms with Crippen molar-refractivity contribution in [3.05, 3.63) is 70.9 Å². The lowest BCUT2D eigenvalue weighted by Gasteiger charge is -2.15. The van der Waals surface area contributed by atoms with Crippen molar-refractivity contribution in [2.24, 2.45) is 0 Å². The number of hydrogen-bond acceptors (Lipinski definition) is 4. The fraction of sp³-hybridized carbons (Fsp3) is 0.200. The van der Waals surface area contributed by atoms with Crippen LogP contribution in [0.2, 0.25) is 5.02 Å². The average Bonchev–Trinajstić information content (AvgIpc) is 3.11. The lowest BCUT2D eigenvalue weighted by molar-refractivity contribution is 0.121. The summed E-state index contributed by atoms with van der Waals surface area (Å²) in [6.45, 7) is 1.75. The van der Waals surface area contributed by atoms with Gasteiger partial charge in [0.2, 0.25) is 0 Å². The molecule has 0 aliphatic rings. The Morgan fingerprint density at radius 3 is 2.67 bits per heavy atom. The fourth-order valence-corrected chi connectivity index (χ4v) is 3.15. The van der Waals surface area contributed by atoms with Gasteiger partial charge in [0.15, 0.2) is 0 Å². The van der Waals surface area contributed by atoms with Gasteiger partial charge in [-0.05, 0) is 25.0 Å². The molecule has 5 nitrogen and oxygen atoms in total. The first-order valence-corrected chi connectivity index (χ1v) is 9.31. The summed E-state index contributed by atoms with van der Waals surface area (Å²) in [5.41, 5.74) is 3.62. The Kier molecular flexibility index (Phi) is 6.37. The molecule has 2 aromatic carbocycles. The molecule has 0 aliphatic carbocycles. The number of carbonyl (C=O) groups is 1. The third-order valence-corrected chi connectivity index (χ3v) is 4.58. The monoisotopic (exact) mass is 404 g/mol. The Bertz CT molecular complexity index is 910. The van der Waals surface area contributed by atoms with Crippen molar-refractivity contribution in [2.45, 2.75) is 19.4 Å². The number of alkyl halides is 1.